The molecule has 1 amide bonds. The molecular weight excluding hydrogens is 561 g/mol. The van der Waals surface area contributed by atoms with Gasteiger partial charge in [-0.2, -0.15) is 0 Å². The van der Waals surface area contributed by atoms with E-state index in [1.807, 2.05) is 43.6 Å². The Labute approximate surface area is 251 Å². The summed E-state index contributed by atoms with van der Waals surface area (Å²) in [6.45, 7) is 6.62. The van der Waals surface area contributed by atoms with Crippen molar-refractivity contribution < 1.29 is 18.7 Å². The number of rotatable bonds is 10. The number of imidazole rings is 1. The van der Waals surface area contributed by atoms with Crippen LogP contribution in [0.3, 0.4) is 0 Å². The Morgan fingerprint density at radius 1 is 1.24 bits per heavy atom. The van der Waals surface area contributed by atoms with Gasteiger partial charge in [0.1, 0.15) is 0 Å². The third kappa shape index (κ3) is 6.81. The number of anilines is 2. The number of methoxy groups -OCH3 is 1. The number of fused-ring (bicyclic) bond motifs is 1. The Kier molecular flexibility index (Phi) is 10.3. The Morgan fingerprint density at radius 3 is 2.81 bits per heavy atom. The Bertz CT molecular complexity index is 1530. The van der Waals surface area contributed by atoms with E-state index in [1.54, 1.807) is 35.6 Å². The molecule has 0 radical (unpaired) electrons. The molecule has 0 aliphatic carbocycles. The minimum Gasteiger partial charge on any atom is -0.494 e. The number of carbonyl (C=O) groups excluding carboxylic acids is 1. The minimum atomic E-state index is -0.442. The number of hydrogen-bond acceptors (Lipinski definition) is 8. The molecule has 42 heavy (non-hydrogen) atoms. The number of benzene rings is 2. The minimum absolute atomic E-state index is 0. The molecule has 3 heterocycles. The topological polar surface area (TPSA) is 96.3 Å². The number of carbonyl (C=O) groups is 1. The van der Waals surface area contributed by atoms with Gasteiger partial charge in [0.05, 0.1) is 31.7 Å². The summed E-state index contributed by atoms with van der Waals surface area (Å²) in [5.41, 5.74) is 4.28. The largest absolute Gasteiger partial charge is 0.494 e. The van der Waals surface area contributed by atoms with Crippen molar-refractivity contribution in [2.24, 2.45) is 0 Å². The van der Waals surface area contributed by atoms with Crippen LogP contribution in [-0.2, 0) is 4.74 Å². The lowest BCUT2D eigenvalue weighted by Crippen LogP contribution is -2.48. The fourth-order valence-electron chi connectivity index (χ4n) is 5.10. The van der Waals surface area contributed by atoms with E-state index in [1.165, 1.54) is 13.2 Å². The first kappa shape index (κ1) is 31.2. The van der Waals surface area contributed by atoms with Gasteiger partial charge in [-0.1, -0.05) is 0 Å². The van der Waals surface area contributed by atoms with Gasteiger partial charge in [0.25, 0.3) is 5.91 Å². The van der Waals surface area contributed by atoms with E-state index in [9.17, 15) is 9.18 Å². The molecule has 4 aromatic rings. The highest BCUT2D eigenvalue weighted by molar-refractivity contribution is 5.96. The number of nitrogens with zero attached hydrogens (tertiary/aromatic N) is 5. The van der Waals surface area contributed by atoms with E-state index >= 15 is 0 Å². The summed E-state index contributed by atoms with van der Waals surface area (Å²) in [5, 5.41) is 6.49. The summed E-state index contributed by atoms with van der Waals surface area (Å²) in [4.78, 5) is 26.4. The summed E-state index contributed by atoms with van der Waals surface area (Å²) in [6, 6.07) is 10.4. The second-order valence-electron chi connectivity index (χ2n) is 10.2. The van der Waals surface area contributed by atoms with Crippen LogP contribution in [0.4, 0.5) is 15.9 Å². The van der Waals surface area contributed by atoms with Gasteiger partial charge in [0.2, 0.25) is 0 Å². The normalized spacial score (nSPS) is 15.3. The lowest BCUT2D eigenvalue weighted by molar-refractivity contribution is -0.0274. The van der Waals surface area contributed by atoms with Crippen LogP contribution in [0.25, 0.3) is 16.9 Å². The standard InChI is InChI=1S/C30H36FN7O3.ClH/c1-20-15-22(6-7-24(20)30(39)36(3)11-12-37-13-14-41-23(19-37)17-32-2)35-28-29-34-18-26(38(29)10-9-33-28)21-5-8-27(40-4)25(31)16-21;/h5-10,15-16,18,23,32H,11-14,17,19H2,1-4H3,(H,33,35);1H. The van der Waals surface area contributed by atoms with Gasteiger partial charge in [0.15, 0.2) is 23.0 Å². The number of nitrogens with one attached hydrogen (secondary N) is 2. The molecule has 2 aromatic heterocycles. The van der Waals surface area contributed by atoms with Crippen LogP contribution >= 0.6 is 12.4 Å². The molecule has 2 aromatic carbocycles. The predicted octanol–water partition coefficient (Wildman–Crippen LogP) is 4.01. The van der Waals surface area contributed by atoms with Crippen LogP contribution in [0, 0.1) is 12.7 Å². The monoisotopic (exact) mass is 597 g/mol. The van der Waals surface area contributed by atoms with E-state index in [4.69, 9.17) is 9.47 Å². The molecule has 1 fully saturated rings. The van der Waals surface area contributed by atoms with Crippen LogP contribution in [0.5, 0.6) is 5.75 Å². The second-order valence-corrected chi connectivity index (χ2v) is 10.2. The third-order valence-corrected chi connectivity index (χ3v) is 7.35. The highest BCUT2D eigenvalue weighted by Crippen LogP contribution is 2.29. The number of amides is 1. The molecule has 0 saturated carbocycles. The van der Waals surface area contributed by atoms with Crippen molar-refractivity contribution in [1.82, 2.24) is 29.5 Å². The molecule has 1 aliphatic rings. The lowest BCUT2D eigenvalue weighted by atomic mass is 10.1. The van der Waals surface area contributed by atoms with Gasteiger partial charge in [-0.15, -0.1) is 12.4 Å². The van der Waals surface area contributed by atoms with Crippen LogP contribution in [0.1, 0.15) is 15.9 Å². The zero-order chi connectivity index (χ0) is 28.9. The maximum atomic E-state index is 14.3. The van der Waals surface area contributed by atoms with Crippen molar-refractivity contribution in [3.8, 4) is 17.0 Å². The number of morpholine rings is 1. The molecule has 5 rings (SSSR count). The Hall–Kier alpha value is -3.77. The Balaban J connectivity index is 0.00000405. The molecule has 0 bridgehead atoms. The molecule has 2 N–H and O–H groups in total. The maximum Gasteiger partial charge on any atom is 0.253 e. The molecule has 10 nitrogen and oxygen atoms in total. The molecule has 1 saturated heterocycles. The van der Waals surface area contributed by atoms with Gasteiger partial charge in [-0.05, 0) is 55.9 Å². The highest BCUT2D eigenvalue weighted by atomic mass is 35.5. The zero-order valence-corrected chi connectivity index (χ0v) is 25.1. The van der Waals surface area contributed by atoms with E-state index in [-0.39, 0.29) is 30.2 Å². The molecule has 12 heteroatoms. The summed E-state index contributed by atoms with van der Waals surface area (Å²) >= 11 is 0. The van der Waals surface area contributed by atoms with Crippen molar-refractivity contribution >= 4 is 35.5 Å². The maximum absolute atomic E-state index is 14.3. The van der Waals surface area contributed by atoms with Gasteiger partial charge in [-0.25, -0.2) is 14.4 Å². The van der Waals surface area contributed by atoms with Crippen molar-refractivity contribution in [2.75, 3.05) is 65.9 Å². The van der Waals surface area contributed by atoms with Gasteiger partial charge >= 0.3 is 0 Å². The van der Waals surface area contributed by atoms with Crippen molar-refractivity contribution in [3.05, 3.63) is 71.9 Å². The first-order valence-corrected chi connectivity index (χ1v) is 13.7. The van der Waals surface area contributed by atoms with Crippen molar-refractivity contribution in [2.45, 2.75) is 13.0 Å². The molecule has 224 valence electrons. The van der Waals surface area contributed by atoms with E-state index in [2.05, 4.69) is 25.5 Å². The number of aryl methyl sites for hydroxylation is 1. The quantitative estimate of drug-likeness (QED) is 0.283. The number of likely N-dealkylation sites (N-methyl/N-ethyl adjacent to an activating group) is 2. The highest BCUT2D eigenvalue weighted by Gasteiger charge is 2.21. The van der Waals surface area contributed by atoms with Gasteiger partial charge < -0.3 is 25.0 Å². The van der Waals surface area contributed by atoms with E-state index in [0.29, 0.717) is 35.7 Å². The molecule has 1 aliphatic heterocycles. The number of aromatic nitrogens is 3. The summed E-state index contributed by atoms with van der Waals surface area (Å²) < 4.78 is 27.0. The van der Waals surface area contributed by atoms with Crippen LogP contribution in [0.2, 0.25) is 0 Å². The zero-order valence-electron chi connectivity index (χ0n) is 24.3. The van der Waals surface area contributed by atoms with Crippen molar-refractivity contribution in [1.29, 1.82) is 0 Å². The van der Waals surface area contributed by atoms with Crippen LogP contribution in [-0.4, -0.2) is 96.7 Å². The number of hydrogen-bond donors (Lipinski definition) is 2. The van der Waals surface area contributed by atoms with Crippen LogP contribution < -0.4 is 15.4 Å². The molecule has 1 atom stereocenters. The van der Waals surface area contributed by atoms with Crippen LogP contribution in [0.15, 0.2) is 55.0 Å². The van der Waals surface area contributed by atoms with E-state index in [0.717, 1.165) is 43.1 Å². The first-order valence-electron chi connectivity index (χ1n) is 13.7. The SMILES string of the molecule is CNCC1CN(CCN(C)C(=O)c2ccc(Nc3nccn4c(-c5ccc(OC)c(F)c5)cnc34)cc2C)CCO1.Cl. The lowest BCUT2D eigenvalue weighted by Gasteiger charge is -2.33. The predicted molar refractivity (Wildman–Crippen MR) is 164 cm³/mol. The second kappa shape index (κ2) is 13.9. The Morgan fingerprint density at radius 2 is 2.07 bits per heavy atom. The third-order valence-electron chi connectivity index (χ3n) is 7.35. The average Bonchev–Trinajstić information content (AvgIpc) is 3.41. The summed E-state index contributed by atoms with van der Waals surface area (Å²) in [6.07, 6.45) is 5.31. The molecule has 1 unspecified atom stereocenters. The van der Waals surface area contributed by atoms with E-state index < -0.39 is 5.82 Å². The number of ether oxygens (including phenoxy) is 2. The smallest absolute Gasteiger partial charge is 0.253 e. The summed E-state index contributed by atoms with van der Waals surface area (Å²) in [7, 11) is 5.20. The van der Waals surface area contributed by atoms with Gasteiger partial charge in [0, 0.05) is 69.0 Å². The summed E-state index contributed by atoms with van der Waals surface area (Å²) in [5.74, 6) is 0.275. The number of halogens is 2. The molecule has 0 spiro atoms. The fraction of sp³-hybridized carbons (Fsp3) is 0.367. The van der Waals surface area contributed by atoms with Crippen molar-refractivity contribution in [3.63, 3.8) is 0 Å². The fourth-order valence-corrected chi connectivity index (χ4v) is 5.10. The molecular formula is C30H37ClFN7O3. The first-order chi connectivity index (χ1) is 19.9. The van der Waals surface area contributed by atoms with Gasteiger partial charge in [-0.3, -0.25) is 14.1 Å². The average molecular weight is 598 g/mol.